The van der Waals surface area contributed by atoms with Crippen LogP contribution in [0.1, 0.15) is 0 Å². The van der Waals surface area contributed by atoms with Crippen molar-refractivity contribution in [2.75, 3.05) is 0 Å². The summed E-state index contributed by atoms with van der Waals surface area (Å²) in [5, 5.41) is 6.99. The molecule has 0 bridgehead atoms. The van der Waals surface area contributed by atoms with E-state index in [9.17, 15) is 0 Å². The van der Waals surface area contributed by atoms with Crippen molar-refractivity contribution in [2.24, 2.45) is 0 Å². The second-order valence-corrected chi connectivity index (χ2v) is 0.359. The fourth-order valence-electron chi connectivity index (χ4n) is 0. The van der Waals surface area contributed by atoms with Crippen molar-refractivity contribution in [3.63, 3.8) is 0 Å². The third-order valence-corrected chi connectivity index (χ3v) is 0. The predicted octanol–water partition coefficient (Wildman–Crippen LogP) is 0.781. The summed E-state index contributed by atoms with van der Waals surface area (Å²) in [4.78, 5) is 0. The van der Waals surface area contributed by atoms with Crippen LogP contribution in [0.3, 0.4) is 0 Å². The molecule has 2 nitrogen and oxygen atoms in total. The van der Waals surface area contributed by atoms with Crippen LogP contribution in [0.25, 0.3) is 0 Å². The molecule has 0 saturated carbocycles. The quantitative estimate of drug-likeness (QED) is 0.376. The molecule has 0 amide bonds. The van der Waals surface area contributed by atoms with E-state index < -0.39 is 0 Å². The Hall–Kier alpha value is 1.43. The van der Waals surface area contributed by atoms with Gasteiger partial charge in [0.2, 0.25) is 0 Å². The van der Waals surface area contributed by atoms with Gasteiger partial charge >= 0.3 is 0 Å². The molecule has 0 aromatic rings. The molecule has 0 spiro atoms. The van der Waals surface area contributed by atoms with E-state index in [0.29, 0.717) is 0 Å². The second kappa shape index (κ2) is 18.1. The Labute approximate surface area is 59.3 Å². The van der Waals surface area contributed by atoms with Crippen LogP contribution in [0.2, 0.25) is 0 Å². The molecule has 0 aliphatic rings. The van der Waals surface area contributed by atoms with Crippen LogP contribution < -0.4 is 0 Å². The van der Waals surface area contributed by atoms with Crippen LogP contribution in [-0.2, 0) is 37.8 Å². The zero-order valence-corrected chi connectivity index (χ0v) is 5.75. The molecule has 0 aliphatic heterocycles. The number of hydrogen-bond donors (Lipinski definition) is 1. The Balaban J connectivity index is -0.0000000200. The molecule has 0 aromatic carbocycles. The predicted molar refractivity (Wildman–Crippen MR) is 12.6 cm³/mol. The van der Waals surface area contributed by atoms with E-state index in [0.717, 1.165) is 0 Å². The monoisotopic (exact) mass is 226 g/mol. The third-order valence-electron chi connectivity index (χ3n) is 0. The van der Waals surface area contributed by atoms with Crippen molar-refractivity contribution in [1.29, 1.82) is 0 Å². The molecule has 0 aromatic heterocycles. The van der Waals surface area contributed by atoms with Crippen LogP contribution in [0, 0.1) is 0 Å². The Morgan fingerprint density at radius 3 is 1.60 bits per heavy atom. The summed E-state index contributed by atoms with van der Waals surface area (Å²) >= 11 is 2.20. The van der Waals surface area contributed by atoms with Crippen molar-refractivity contribution in [3.05, 3.63) is 0 Å². The van der Waals surface area contributed by atoms with Gasteiger partial charge in [0.05, 0.1) is 0 Å². The Morgan fingerprint density at radius 2 is 1.60 bits per heavy atom. The van der Waals surface area contributed by atoms with Gasteiger partial charge in [0, 0.05) is 33.8 Å². The third kappa shape index (κ3) is 31.3. The topological polar surface area (TPSA) is 29.5 Å². The van der Waals surface area contributed by atoms with Crippen molar-refractivity contribution < 1.29 is 43.1 Å². The minimum absolute atomic E-state index is 0. The second-order valence-electron chi connectivity index (χ2n) is 0.0690. The molecule has 0 aliphatic carbocycles. The summed E-state index contributed by atoms with van der Waals surface area (Å²) in [7, 11) is 0. The number of rotatable bonds is 0. The van der Waals surface area contributed by atoms with Crippen LogP contribution in [0.15, 0.2) is 0 Å². The smallest absolute Gasteiger partial charge is 0.142 e. The molecule has 0 fully saturated rings. The maximum absolute atomic E-state index is 6.99. The van der Waals surface area contributed by atoms with Gasteiger partial charge < -0.3 is 0 Å². The maximum Gasteiger partial charge on any atom is 0.142 e. The van der Waals surface area contributed by atoms with Crippen molar-refractivity contribution in [3.8, 4) is 0 Å². The van der Waals surface area contributed by atoms with E-state index in [4.69, 9.17) is 5.26 Å². The Morgan fingerprint density at radius 1 is 1.60 bits per heavy atom. The normalized spacial score (nSPS) is 3.60. The van der Waals surface area contributed by atoms with Crippen LogP contribution in [0.4, 0.5) is 0 Å². The minimum Gasteiger partial charge on any atom is -0.240 e. The van der Waals surface area contributed by atoms with Gasteiger partial charge in [-0.2, -0.15) is 3.98 Å². The first kappa shape index (κ1) is 16.1. The first-order chi connectivity index (χ1) is 1.41. The molecule has 2 radical (unpaired) electrons. The Kier molecular flexibility index (Phi) is 58.2. The van der Waals surface area contributed by atoms with Gasteiger partial charge in [-0.25, -0.2) is 5.26 Å². The summed E-state index contributed by atoms with van der Waals surface area (Å²) in [6.45, 7) is 0. The van der Waals surface area contributed by atoms with Crippen molar-refractivity contribution in [1.82, 2.24) is 0 Å². The Bertz CT molecular complexity index is 9.61. The molecule has 0 saturated heterocycles. The van der Waals surface area contributed by atoms with E-state index in [-0.39, 0.29) is 33.8 Å². The fraction of sp³-hybridized carbons (Fsp3) is 0. The van der Waals surface area contributed by atoms with Crippen molar-refractivity contribution >= 4 is 16.3 Å². The van der Waals surface area contributed by atoms with Crippen LogP contribution in [0.5, 0.6) is 0 Å². The molecule has 0 rings (SSSR count). The van der Waals surface area contributed by atoms with Crippen LogP contribution >= 0.6 is 16.3 Å². The number of hydrogen-bond acceptors (Lipinski definition) is 2. The van der Waals surface area contributed by atoms with Crippen LogP contribution in [-0.4, -0.2) is 5.26 Å². The van der Waals surface area contributed by atoms with E-state index in [2.05, 4.69) is 20.2 Å². The maximum atomic E-state index is 6.99. The van der Waals surface area contributed by atoms with Gasteiger partial charge in [0.25, 0.3) is 0 Å². The molecule has 1 N–H and O–H groups in total. The first-order valence-corrected chi connectivity index (χ1v) is 0.984. The van der Waals surface area contributed by atoms with Crippen molar-refractivity contribution in [2.45, 2.75) is 0 Å². The number of halogens is 1. The average molecular weight is 227 g/mol. The van der Waals surface area contributed by atoms with E-state index >= 15 is 0 Å². The first-order valence-electron chi connectivity index (χ1n) is 0.337. The summed E-state index contributed by atoms with van der Waals surface area (Å²) in [6, 6.07) is 0. The summed E-state index contributed by atoms with van der Waals surface area (Å²) < 4.78 is 3.06. The molecular formula is HBrCoMnO2. The van der Waals surface area contributed by atoms with Gasteiger partial charge in [-0.3, -0.25) is 0 Å². The minimum atomic E-state index is 0. The van der Waals surface area contributed by atoms with E-state index in [1.54, 1.807) is 0 Å². The van der Waals surface area contributed by atoms with Gasteiger partial charge in [-0.15, -0.1) is 0 Å². The van der Waals surface area contributed by atoms with Gasteiger partial charge in [0.15, 0.2) is 0 Å². The van der Waals surface area contributed by atoms with Gasteiger partial charge in [0.1, 0.15) is 16.3 Å². The van der Waals surface area contributed by atoms with E-state index in [1.165, 1.54) is 0 Å². The van der Waals surface area contributed by atoms with Gasteiger partial charge in [-0.05, 0) is 0 Å². The molecule has 0 heterocycles. The summed E-state index contributed by atoms with van der Waals surface area (Å²) in [5.74, 6) is 0. The summed E-state index contributed by atoms with van der Waals surface area (Å²) in [5.41, 5.74) is 0. The average Bonchev–Trinajstić information content (AvgIpc) is 0.918. The molecule has 0 unspecified atom stereocenters. The van der Waals surface area contributed by atoms with E-state index in [1.807, 2.05) is 0 Å². The molecule has 5 heavy (non-hydrogen) atoms. The summed E-state index contributed by atoms with van der Waals surface area (Å²) in [6.07, 6.45) is 0. The molecule has 0 atom stereocenters. The standard InChI is InChI=1S/BrHO2.Co.Mn/c1-3-2;;/h2H;;. The zero-order chi connectivity index (χ0) is 2.71. The molecule has 5 heteroatoms. The molecule has 36 valence electrons. The molecular weight excluding hydrogens is 226 g/mol. The SMILES string of the molecule is OOBr.[Co].[Mn]. The largest absolute Gasteiger partial charge is 0.240 e. The fourth-order valence-corrected chi connectivity index (χ4v) is 0. The van der Waals surface area contributed by atoms with Gasteiger partial charge in [-0.1, -0.05) is 0 Å². The zero-order valence-electron chi connectivity index (χ0n) is 1.94.